The molecule has 0 aliphatic carbocycles. The molecule has 176 valence electrons. The molecule has 0 aliphatic rings. The van der Waals surface area contributed by atoms with E-state index in [9.17, 15) is 9.50 Å². The Morgan fingerprint density at radius 1 is 1.06 bits per heavy atom. The Morgan fingerprint density at radius 2 is 1.81 bits per heavy atom. The van der Waals surface area contributed by atoms with Crippen LogP contribution in [-0.2, 0) is 4.74 Å². The molecule has 3 rings (SSSR count). The number of hydrogen-bond acceptors (Lipinski definition) is 8. The summed E-state index contributed by atoms with van der Waals surface area (Å²) in [5.74, 6) is 0.477. The highest BCUT2D eigenvalue weighted by Gasteiger charge is 2.14. The van der Waals surface area contributed by atoms with Gasteiger partial charge in [0.1, 0.15) is 30.3 Å². The van der Waals surface area contributed by atoms with Gasteiger partial charge in [-0.05, 0) is 12.1 Å². The predicted octanol–water partition coefficient (Wildman–Crippen LogP) is 3.09. The molecule has 32 heavy (non-hydrogen) atoms. The van der Waals surface area contributed by atoms with Gasteiger partial charge < -0.3 is 35.4 Å². The number of benzene rings is 2. The molecule has 1 heterocycles. The second kappa shape index (κ2) is 13.0. The van der Waals surface area contributed by atoms with E-state index in [0.29, 0.717) is 48.0 Å². The number of aromatic hydroxyl groups is 1. The minimum absolute atomic E-state index is 0. The number of aromatic nitrogens is 2. The molecule has 0 radical (unpaired) electrons. The fraction of sp³-hybridized carbons (Fsp3) is 0.300. The van der Waals surface area contributed by atoms with Crippen molar-refractivity contribution >= 4 is 46.4 Å². The Hall–Kier alpha value is -2.63. The highest BCUT2D eigenvalue weighted by Crippen LogP contribution is 2.36. The largest absolute Gasteiger partial charge is 0.506 e. The molecule has 12 heteroatoms. The Labute approximate surface area is 195 Å². The topological polar surface area (TPSA) is 129 Å². The summed E-state index contributed by atoms with van der Waals surface area (Å²) < 4.78 is 30.4. The third-order valence-electron chi connectivity index (χ3n) is 4.23. The summed E-state index contributed by atoms with van der Waals surface area (Å²) in [6, 6.07) is 5.65. The van der Waals surface area contributed by atoms with Crippen LogP contribution in [0.1, 0.15) is 0 Å². The molecule has 0 saturated carbocycles. The van der Waals surface area contributed by atoms with Crippen LogP contribution in [0.15, 0.2) is 30.6 Å². The standard InChI is InChI=1S/C20H22ClFN4O4.ClH.H2O/c1-28-5-3-23-4-6-30-19-10-15-12(7-18(19)29-2)20(25-11-24-15)26-16-9-17(27)13(21)8-14(16)22;;/h7-11,23,27H,3-6H2,1-2H3,(H,24,25,26);1H;1H2. The van der Waals surface area contributed by atoms with Crippen LogP contribution in [0.5, 0.6) is 17.2 Å². The van der Waals surface area contributed by atoms with Crippen molar-refractivity contribution in [3.05, 3.63) is 41.4 Å². The molecule has 0 atom stereocenters. The minimum atomic E-state index is -0.627. The van der Waals surface area contributed by atoms with Gasteiger partial charge in [0.2, 0.25) is 0 Å². The maximum atomic E-state index is 14.2. The van der Waals surface area contributed by atoms with Gasteiger partial charge in [0, 0.05) is 37.7 Å². The van der Waals surface area contributed by atoms with Gasteiger partial charge in [-0.3, -0.25) is 0 Å². The number of rotatable bonds is 10. The summed E-state index contributed by atoms with van der Waals surface area (Å²) in [5, 5.41) is 16.3. The van der Waals surface area contributed by atoms with Crippen molar-refractivity contribution in [3.8, 4) is 17.2 Å². The van der Waals surface area contributed by atoms with Crippen LogP contribution in [0.25, 0.3) is 10.9 Å². The van der Waals surface area contributed by atoms with Gasteiger partial charge >= 0.3 is 0 Å². The van der Waals surface area contributed by atoms with E-state index in [1.807, 2.05) is 0 Å². The van der Waals surface area contributed by atoms with Crippen molar-refractivity contribution < 1.29 is 29.2 Å². The summed E-state index contributed by atoms with van der Waals surface area (Å²) in [6.45, 7) is 2.42. The number of halogens is 3. The third-order valence-corrected chi connectivity index (χ3v) is 4.53. The Balaban J connectivity index is 0.00000256. The summed E-state index contributed by atoms with van der Waals surface area (Å²) >= 11 is 5.73. The van der Waals surface area contributed by atoms with Crippen LogP contribution in [0.3, 0.4) is 0 Å². The molecule has 0 saturated heterocycles. The minimum Gasteiger partial charge on any atom is -0.506 e. The molecular formula is C20H25Cl2FN4O5. The number of phenols is 1. The van der Waals surface area contributed by atoms with Crippen LogP contribution in [0, 0.1) is 5.82 Å². The Bertz CT molecular complexity index is 1030. The van der Waals surface area contributed by atoms with E-state index in [0.717, 1.165) is 12.6 Å². The molecule has 9 nitrogen and oxygen atoms in total. The number of phenolic OH excluding ortho intramolecular Hbond substituents is 1. The first-order valence-electron chi connectivity index (χ1n) is 9.13. The zero-order valence-electron chi connectivity index (χ0n) is 17.4. The summed E-state index contributed by atoms with van der Waals surface area (Å²) in [5.41, 5.74) is 0.604. The maximum Gasteiger partial charge on any atom is 0.163 e. The fourth-order valence-electron chi connectivity index (χ4n) is 2.73. The van der Waals surface area contributed by atoms with Crippen LogP contribution in [0.4, 0.5) is 15.9 Å². The molecule has 5 N–H and O–H groups in total. The van der Waals surface area contributed by atoms with E-state index in [-0.39, 0.29) is 34.3 Å². The van der Waals surface area contributed by atoms with Gasteiger partial charge in [0.05, 0.1) is 29.9 Å². The van der Waals surface area contributed by atoms with Crippen LogP contribution in [0.2, 0.25) is 5.02 Å². The number of ether oxygens (including phenoxy) is 3. The molecule has 0 amide bonds. The second-order valence-corrected chi connectivity index (χ2v) is 6.65. The average molecular weight is 491 g/mol. The lowest BCUT2D eigenvalue weighted by atomic mass is 10.2. The zero-order chi connectivity index (χ0) is 21.5. The van der Waals surface area contributed by atoms with E-state index < -0.39 is 5.82 Å². The Kier molecular flexibility index (Phi) is 11.2. The lowest BCUT2D eigenvalue weighted by Crippen LogP contribution is -2.24. The molecule has 2 aromatic carbocycles. The van der Waals surface area contributed by atoms with Crippen molar-refractivity contribution in [2.45, 2.75) is 0 Å². The molecule has 0 unspecified atom stereocenters. The van der Waals surface area contributed by atoms with E-state index in [1.165, 1.54) is 19.5 Å². The molecule has 1 aromatic heterocycles. The average Bonchev–Trinajstić information content (AvgIpc) is 2.74. The lowest BCUT2D eigenvalue weighted by molar-refractivity contribution is 0.196. The molecular weight excluding hydrogens is 466 g/mol. The predicted molar refractivity (Wildman–Crippen MR) is 124 cm³/mol. The first-order valence-corrected chi connectivity index (χ1v) is 9.51. The molecule has 0 spiro atoms. The van der Waals surface area contributed by atoms with Crippen LogP contribution < -0.4 is 20.1 Å². The van der Waals surface area contributed by atoms with Gasteiger partial charge in [-0.2, -0.15) is 0 Å². The van der Waals surface area contributed by atoms with Gasteiger partial charge in [0.25, 0.3) is 0 Å². The van der Waals surface area contributed by atoms with Crippen molar-refractivity contribution in [1.82, 2.24) is 15.3 Å². The fourth-order valence-corrected chi connectivity index (χ4v) is 2.88. The number of fused-ring (bicyclic) bond motifs is 1. The lowest BCUT2D eigenvalue weighted by Gasteiger charge is -2.14. The number of methoxy groups -OCH3 is 2. The van der Waals surface area contributed by atoms with E-state index in [1.54, 1.807) is 19.2 Å². The molecule has 0 bridgehead atoms. The maximum absolute atomic E-state index is 14.2. The summed E-state index contributed by atoms with van der Waals surface area (Å²) in [6.07, 6.45) is 1.35. The van der Waals surface area contributed by atoms with Gasteiger partial charge in [-0.1, -0.05) is 11.6 Å². The van der Waals surface area contributed by atoms with Crippen molar-refractivity contribution in [2.75, 3.05) is 45.8 Å². The van der Waals surface area contributed by atoms with E-state index in [4.69, 9.17) is 25.8 Å². The first kappa shape index (κ1) is 27.4. The molecule has 3 aromatic rings. The number of hydrogen-bond donors (Lipinski definition) is 3. The number of anilines is 2. The quantitative estimate of drug-likeness (QED) is 0.369. The highest BCUT2D eigenvalue weighted by atomic mass is 35.5. The van der Waals surface area contributed by atoms with Gasteiger partial charge in [-0.15, -0.1) is 12.4 Å². The van der Waals surface area contributed by atoms with Crippen molar-refractivity contribution in [2.24, 2.45) is 0 Å². The first-order chi connectivity index (χ1) is 14.5. The van der Waals surface area contributed by atoms with Gasteiger partial charge in [-0.25, -0.2) is 14.4 Å². The van der Waals surface area contributed by atoms with E-state index in [2.05, 4.69) is 20.6 Å². The van der Waals surface area contributed by atoms with Crippen LogP contribution in [-0.4, -0.2) is 61.1 Å². The van der Waals surface area contributed by atoms with Crippen molar-refractivity contribution in [1.29, 1.82) is 0 Å². The van der Waals surface area contributed by atoms with Gasteiger partial charge in [0.15, 0.2) is 11.5 Å². The monoisotopic (exact) mass is 490 g/mol. The molecule has 0 aliphatic heterocycles. The number of nitrogens with one attached hydrogen (secondary N) is 2. The third kappa shape index (κ3) is 6.68. The van der Waals surface area contributed by atoms with Crippen molar-refractivity contribution in [3.63, 3.8) is 0 Å². The summed E-state index contributed by atoms with van der Waals surface area (Å²) in [4.78, 5) is 8.44. The second-order valence-electron chi connectivity index (χ2n) is 6.24. The summed E-state index contributed by atoms with van der Waals surface area (Å²) in [7, 11) is 3.17. The zero-order valence-corrected chi connectivity index (χ0v) is 19.0. The van der Waals surface area contributed by atoms with Crippen LogP contribution >= 0.6 is 24.0 Å². The smallest absolute Gasteiger partial charge is 0.163 e. The highest BCUT2D eigenvalue weighted by molar-refractivity contribution is 6.32. The SMILES string of the molecule is COCCNCCOc1cc2ncnc(Nc3cc(O)c(Cl)cc3F)c2cc1OC.Cl.O. The normalized spacial score (nSPS) is 10.2. The number of nitrogens with zero attached hydrogens (tertiary/aromatic N) is 2. The van der Waals surface area contributed by atoms with E-state index >= 15 is 0 Å². The molecule has 0 fully saturated rings. The Morgan fingerprint density at radius 3 is 2.53 bits per heavy atom.